The number of ether oxygens (including phenoxy) is 1. The minimum atomic E-state index is -1.05. The Hall–Kier alpha value is -5.63. The molecule has 260 valence electrons. The van der Waals surface area contributed by atoms with E-state index in [9.17, 15) is 19.2 Å². The molecule has 1 saturated carbocycles. The summed E-state index contributed by atoms with van der Waals surface area (Å²) in [6.07, 6.45) is 1.89. The van der Waals surface area contributed by atoms with Gasteiger partial charge in [0, 0.05) is 48.8 Å². The molecule has 2 fully saturated rings. The summed E-state index contributed by atoms with van der Waals surface area (Å²) in [4.78, 5) is 52.9. The molecule has 1 saturated heterocycles. The predicted octanol–water partition coefficient (Wildman–Crippen LogP) is 3.75. The monoisotopic (exact) mass is 680 g/mol. The molecule has 1 aliphatic carbocycles. The number of hydrogen-bond acceptors (Lipinski definition) is 8. The van der Waals surface area contributed by atoms with E-state index in [0.717, 1.165) is 35.1 Å². The molecule has 0 bridgehead atoms. The number of rotatable bonds is 11. The maximum absolute atomic E-state index is 13.7. The maximum Gasteiger partial charge on any atom is 0.404 e. The normalized spacial score (nSPS) is 18.1. The number of carbonyl (C=O) groups is 4. The molecule has 1 atom stereocenters. The first-order valence-electron chi connectivity index (χ1n) is 16.8. The number of hydrogen-bond donors (Lipinski definition) is 5. The van der Waals surface area contributed by atoms with Crippen LogP contribution in [0.2, 0.25) is 0 Å². The van der Waals surface area contributed by atoms with Crippen molar-refractivity contribution in [2.24, 2.45) is 11.8 Å². The number of morpholine rings is 1. The van der Waals surface area contributed by atoms with E-state index in [0.29, 0.717) is 62.8 Å². The molecule has 0 spiro atoms. The molecule has 4 aromatic rings. The summed E-state index contributed by atoms with van der Waals surface area (Å²) in [5, 5.41) is 31.2. The van der Waals surface area contributed by atoms with Crippen LogP contribution in [-0.4, -0.2) is 93.3 Å². The van der Waals surface area contributed by atoms with Crippen LogP contribution in [0, 0.1) is 11.8 Å². The number of anilines is 1. The van der Waals surface area contributed by atoms with Gasteiger partial charge in [-0.15, -0.1) is 10.2 Å². The van der Waals surface area contributed by atoms with Gasteiger partial charge in [0.25, 0.3) is 5.91 Å². The molecule has 50 heavy (non-hydrogen) atoms. The Balaban J connectivity index is 1.14. The lowest BCUT2D eigenvalue weighted by atomic mass is 9.81. The number of tetrazole rings is 1. The summed E-state index contributed by atoms with van der Waals surface area (Å²) in [5.41, 5.74) is 4.57. The standard InChI is InChI=1S/C36H40N8O6/c45-33(27-10-6-24(7-11-27)22-37-36(48)49)39-31(34(46)38-30-14-12-26(13-15-30)32-40-42-43-41-32)20-23-4-8-25(9-5-23)28-2-1-3-29(21-28)35(47)44-16-18-50-19-17-44/h1-5,8-9,12-15,21,24,27,31,37H,6-7,10-11,16-20,22H2,(H,38,46)(H,39,45)(H,48,49)(H,40,41,42,43)/t24-,27-,31-/m0/s1. The van der Waals surface area contributed by atoms with Crippen molar-refractivity contribution in [3.63, 3.8) is 0 Å². The summed E-state index contributed by atoms with van der Waals surface area (Å²) in [6, 6.07) is 21.5. The van der Waals surface area contributed by atoms with Crippen LogP contribution in [0.15, 0.2) is 72.8 Å². The number of nitrogens with one attached hydrogen (secondary N) is 4. The summed E-state index contributed by atoms with van der Waals surface area (Å²) in [6.45, 7) is 2.58. The molecule has 2 aliphatic rings. The minimum Gasteiger partial charge on any atom is -0.465 e. The number of carboxylic acid groups (broad SMARTS) is 1. The second-order valence-corrected chi connectivity index (χ2v) is 12.7. The van der Waals surface area contributed by atoms with Gasteiger partial charge in [0.2, 0.25) is 17.6 Å². The van der Waals surface area contributed by atoms with E-state index < -0.39 is 12.1 Å². The fourth-order valence-electron chi connectivity index (χ4n) is 6.43. The quantitative estimate of drug-likeness (QED) is 0.157. The zero-order valence-corrected chi connectivity index (χ0v) is 27.5. The van der Waals surface area contributed by atoms with Gasteiger partial charge in [-0.05, 0) is 89.9 Å². The van der Waals surface area contributed by atoms with E-state index in [4.69, 9.17) is 9.84 Å². The van der Waals surface area contributed by atoms with Crippen molar-refractivity contribution in [1.82, 2.24) is 36.2 Å². The fraction of sp³-hybridized carbons (Fsp3) is 0.361. The topological polar surface area (TPSA) is 192 Å². The van der Waals surface area contributed by atoms with Crippen LogP contribution in [-0.2, 0) is 20.7 Å². The molecule has 14 nitrogen and oxygen atoms in total. The Morgan fingerprint density at radius 3 is 2.30 bits per heavy atom. The largest absolute Gasteiger partial charge is 0.465 e. The van der Waals surface area contributed by atoms with Crippen LogP contribution in [0.5, 0.6) is 0 Å². The number of benzene rings is 3. The molecule has 4 amide bonds. The molecule has 1 aliphatic heterocycles. The average molecular weight is 681 g/mol. The molecule has 6 rings (SSSR count). The highest BCUT2D eigenvalue weighted by Gasteiger charge is 2.30. The van der Waals surface area contributed by atoms with Crippen LogP contribution in [0.3, 0.4) is 0 Å². The van der Waals surface area contributed by atoms with Crippen molar-refractivity contribution in [3.8, 4) is 22.5 Å². The van der Waals surface area contributed by atoms with Gasteiger partial charge in [-0.3, -0.25) is 14.4 Å². The molecule has 3 aromatic carbocycles. The Morgan fingerprint density at radius 1 is 0.900 bits per heavy atom. The van der Waals surface area contributed by atoms with Crippen molar-refractivity contribution in [1.29, 1.82) is 0 Å². The predicted molar refractivity (Wildman–Crippen MR) is 184 cm³/mol. The summed E-state index contributed by atoms with van der Waals surface area (Å²) in [5.74, 6) is -0.229. The van der Waals surface area contributed by atoms with Crippen LogP contribution in [0.4, 0.5) is 10.5 Å². The zero-order valence-electron chi connectivity index (χ0n) is 27.5. The van der Waals surface area contributed by atoms with E-state index in [2.05, 4.69) is 36.6 Å². The lowest BCUT2D eigenvalue weighted by Gasteiger charge is -2.29. The fourth-order valence-corrected chi connectivity index (χ4v) is 6.43. The van der Waals surface area contributed by atoms with Gasteiger partial charge < -0.3 is 30.7 Å². The number of aromatic nitrogens is 4. The van der Waals surface area contributed by atoms with Crippen molar-refractivity contribution in [3.05, 3.63) is 83.9 Å². The number of H-pyrrole nitrogens is 1. The van der Waals surface area contributed by atoms with Crippen molar-refractivity contribution < 1.29 is 29.0 Å². The molecular formula is C36H40N8O6. The zero-order chi connectivity index (χ0) is 34.9. The second-order valence-electron chi connectivity index (χ2n) is 12.7. The minimum absolute atomic E-state index is 0.0220. The number of amides is 4. The van der Waals surface area contributed by atoms with Gasteiger partial charge in [0.15, 0.2) is 0 Å². The van der Waals surface area contributed by atoms with E-state index >= 15 is 0 Å². The SMILES string of the molecule is O=C(O)NC[C@H]1CC[C@H](C(=O)N[C@@H](Cc2ccc(-c3cccc(C(=O)N4CCOCC4)c3)cc2)C(=O)Nc2ccc(-c3nn[nH]n3)cc2)CC1. The highest BCUT2D eigenvalue weighted by atomic mass is 16.5. The Morgan fingerprint density at radius 2 is 1.62 bits per heavy atom. The third kappa shape index (κ3) is 8.88. The summed E-state index contributed by atoms with van der Waals surface area (Å²) in [7, 11) is 0. The van der Waals surface area contributed by atoms with E-state index in [1.54, 1.807) is 29.2 Å². The molecule has 1 aromatic heterocycles. The maximum atomic E-state index is 13.7. The smallest absolute Gasteiger partial charge is 0.404 e. The molecule has 0 unspecified atom stereocenters. The van der Waals surface area contributed by atoms with Gasteiger partial charge >= 0.3 is 6.09 Å². The van der Waals surface area contributed by atoms with Gasteiger partial charge in [-0.25, -0.2) is 4.79 Å². The second kappa shape index (κ2) is 16.2. The Labute approximate surface area is 289 Å². The van der Waals surface area contributed by atoms with Gasteiger partial charge in [-0.2, -0.15) is 5.21 Å². The van der Waals surface area contributed by atoms with E-state index in [1.807, 2.05) is 48.5 Å². The van der Waals surface area contributed by atoms with Crippen LogP contribution < -0.4 is 16.0 Å². The third-order valence-electron chi connectivity index (χ3n) is 9.28. The highest BCUT2D eigenvalue weighted by molar-refractivity contribution is 5.98. The number of carbonyl (C=O) groups excluding carboxylic acids is 3. The van der Waals surface area contributed by atoms with E-state index in [-0.39, 0.29) is 36.0 Å². The van der Waals surface area contributed by atoms with Gasteiger partial charge in [0.1, 0.15) is 6.04 Å². The number of nitrogens with zero attached hydrogens (tertiary/aromatic N) is 4. The van der Waals surface area contributed by atoms with Crippen molar-refractivity contribution >= 4 is 29.5 Å². The third-order valence-corrected chi connectivity index (χ3v) is 9.28. The molecule has 2 heterocycles. The molecular weight excluding hydrogens is 640 g/mol. The highest BCUT2D eigenvalue weighted by Crippen LogP contribution is 2.29. The Kier molecular flexibility index (Phi) is 11.1. The first kappa shape index (κ1) is 34.2. The molecule has 14 heteroatoms. The van der Waals surface area contributed by atoms with E-state index in [1.165, 1.54) is 0 Å². The van der Waals surface area contributed by atoms with Crippen molar-refractivity contribution in [2.45, 2.75) is 38.1 Å². The Bertz CT molecular complexity index is 1770. The van der Waals surface area contributed by atoms with Crippen LogP contribution in [0.25, 0.3) is 22.5 Å². The van der Waals surface area contributed by atoms with Crippen LogP contribution >= 0.6 is 0 Å². The lowest BCUT2D eigenvalue weighted by Crippen LogP contribution is -2.48. The molecule has 5 N–H and O–H groups in total. The van der Waals surface area contributed by atoms with Crippen LogP contribution in [0.1, 0.15) is 41.6 Å². The lowest BCUT2D eigenvalue weighted by molar-refractivity contribution is -0.130. The summed E-state index contributed by atoms with van der Waals surface area (Å²) >= 11 is 0. The first-order chi connectivity index (χ1) is 24.3. The molecule has 0 radical (unpaired) electrons. The van der Waals surface area contributed by atoms with Gasteiger partial charge in [0.05, 0.1) is 13.2 Å². The van der Waals surface area contributed by atoms with Crippen molar-refractivity contribution in [2.75, 3.05) is 38.2 Å². The number of aromatic amines is 1. The summed E-state index contributed by atoms with van der Waals surface area (Å²) < 4.78 is 5.38. The van der Waals surface area contributed by atoms with Gasteiger partial charge in [-0.1, -0.05) is 36.4 Å². The average Bonchev–Trinajstić information content (AvgIpc) is 3.70. The first-order valence-corrected chi connectivity index (χ1v) is 16.8.